The minimum absolute atomic E-state index is 0.285. The second-order valence-electron chi connectivity index (χ2n) is 10.1. The predicted octanol–water partition coefficient (Wildman–Crippen LogP) is 6.46. The number of nitrogens with zero attached hydrogens (tertiary/aromatic N) is 4. The number of aryl methyl sites for hydroxylation is 2. The van der Waals surface area contributed by atoms with Gasteiger partial charge in [0.2, 0.25) is 0 Å². The van der Waals surface area contributed by atoms with Crippen LogP contribution in [0.2, 0.25) is 0 Å². The molecule has 0 spiro atoms. The third kappa shape index (κ3) is 4.78. The summed E-state index contributed by atoms with van der Waals surface area (Å²) in [6.45, 7) is 4.48. The number of hydrogen-bond acceptors (Lipinski definition) is 4. The first kappa shape index (κ1) is 26.1. The Balaban J connectivity index is 1.51. The van der Waals surface area contributed by atoms with E-state index in [0.29, 0.717) is 24.2 Å². The van der Waals surface area contributed by atoms with Gasteiger partial charge in [-0.1, -0.05) is 61.0 Å². The van der Waals surface area contributed by atoms with E-state index in [1.165, 1.54) is 7.11 Å². The van der Waals surface area contributed by atoms with Crippen molar-refractivity contribution < 1.29 is 14.3 Å². The predicted molar refractivity (Wildman–Crippen MR) is 158 cm³/mol. The largest absolute Gasteiger partial charge is 0.465 e. The molecule has 2 aromatic heterocycles. The number of carbonyl (C=O) groups is 2. The molecule has 0 bridgehead atoms. The third-order valence-electron chi connectivity index (χ3n) is 7.49. The zero-order valence-corrected chi connectivity index (χ0v) is 23.2. The fourth-order valence-corrected chi connectivity index (χ4v) is 5.48. The minimum Gasteiger partial charge on any atom is -0.465 e. The summed E-state index contributed by atoms with van der Waals surface area (Å²) < 4.78 is 9.01. The van der Waals surface area contributed by atoms with Crippen LogP contribution in [0.25, 0.3) is 11.5 Å². The van der Waals surface area contributed by atoms with Gasteiger partial charge in [0, 0.05) is 17.4 Å². The molecule has 0 fully saturated rings. The SMILES string of the molecule is CCc1nn(-c2ccccc2)c2c1CN(C(=O)Nc1cccc(C(=O)OC)c1)C(c1ccc(C)cc1)c1cccn1-2. The standard InChI is InChI=1S/C33H31N5O3/c1-4-28-27-21-37(33(40)34-25-11-8-10-24(20-25)32(39)41-3)30(23-17-15-22(2)16-18-23)29-14-9-19-36(29)31(27)38(35-28)26-12-6-5-7-13-26/h5-20,30H,4,21H2,1-3H3,(H,34,40). The van der Waals surface area contributed by atoms with Crippen LogP contribution >= 0.6 is 0 Å². The highest BCUT2D eigenvalue weighted by Gasteiger charge is 2.36. The Morgan fingerprint density at radius 3 is 2.49 bits per heavy atom. The summed E-state index contributed by atoms with van der Waals surface area (Å²) in [6, 6.07) is 28.5. The van der Waals surface area contributed by atoms with Crippen molar-refractivity contribution in [3.8, 4) is 11.5 Å². The number of benzene rings is 3. The second kappa shape index (κ2) is 10.8. The number of rotatable bonds is 5. The van der Waals surface area contributed by atoms with Gasteiger partial charge in [0.05, 0.1) is 42.3 Å². The molecule has 8 heteroatoms. The lowest BCUT2D eigenvalue weighted by Gasteiger charge is -2.31. The van der Waals surface area contributed by atoms with Gasteiger partial charge in [-0.25, -0.2) is 14.3 Å². The molecule has 2 amide bonds. The smallest absolute Gasteiger partial charge is 0.337 e. The van der Waals surface area contributed by atoms with Crippen LogP contribution in [0, 0.1) is 6.92 Å². The van der Waals surface area contributed by atoms with E-state index in [0.717, 1.165) is 39.6 Å². The van der Waals surface area contributed by atoms with Gasteiger partial charge in [-0.15, -0.1) is 0 Å². The summed E-state index contributed by atoms with van der Waals surface area (Å²) in [6.07, 6.45) is 2.75. The number of urea groups is 1. The van der Waals surface area contributed by atoms with Crippen LogP contribution in [-0.4, -0.2) is 38.4 Å². The van der Waals surface area contributed by atoms with Crippen LogP contribution < -0.4 is 5.32 Å². The van der Waals surface area contributed by atoms with E-state index in [1.807, 2.05) is 52.2 Å². The monoisotopic (exact) mass is 545 g/mol. The normalized spacial score (nSPS) is 14.1. The molecular formula is C33H31N5O3. The second-order valence-corrected chi connectivity index (χ2v) is 10.1. The van der Waals surface area contributed by atoms with E-state index in [1.54, 1.807) is 24.3 Å². The van der Waals surface area contributed by atoms with E-state index >= 15 is 0 Å². The average Bonchev–Trinajstić information content (AvgIpc) is 3.59. The molecule has 1 aliphatic heterocycles. The molecule has 41 heavy (non-hydrogen) atoms. The van der Waals surface area contributed by atoms with Gasteiger partial charge in [-0.05, 0) is 61.4 Å². The van der Waals surface area contributed by atoms with E-state index < -0.39 is 5.97 Å². The zero-order valence-electron chi connectivity index (χ0n) is 23.2. The lowest BCUT2D eigenvalue weighted by Crippen LogP contribution is -2.38. The number of anilines is 1. The van der Waals surface area contributed by atoms with E-state index in [9.17, 15) is 9.59 Å². The molecule has 1 N–H and O–H groups in total. The van der Waals surface area contributed by atoms with Gasteiger partial charge >= 0.3 is 12.0 Å². The van der Waals surface area contributed by atoms with Gasteiger partial charge in [0.15, 0.2) is 0 Å². The molecule has 3 heterocycles. The highest BCUT2D eigenvalue weighted by atomic mass is 16.5. The first-order chi connectivity index (χ1) is 20.0. The van der Waals surface area contributed by atoms with Gasteiger partial charge in [0.1, 0.15) is 5.82 Å². The number of amides is 2. The number of esters is 1. The number of ether oxygens (including phenoxy) is 1. The maximum absolute atomic E-state index is 14.2. The fraction of sp³-hybridized carbons (Fsp3) is 0.182. The van der Waals surface area contributed by atoms with Crippen molar-refractivity contribution >= 4 is 17.7 Å². The van der Waals surface area contributed by atoms with Gasteiger partial charge in [-0.2, -0.15) is 5.10 Å². The van der Waals surface area contributed by atoms with Crippen LogP contribution in [0.15, 0.2) is 97.2 Å². The van der Waals surface area contributed by atoms with E-state index in [2.05, 4.69) is 54.1 Å². The molecule has 0 saturated carbocycles. The number of para-hydroxylation sites is 1. The summed E-state index contributed by atoms with van der Waals surface area (Å²) in [4.78, 5) is 28.2. The topological polar surface area (TPSA) is 81.4 Å². The first-order valence-electron chi connectivity index (χ1n) is 13.6. The van der Waals surface area contributed by atoms with Crippen molar-refractivity contribution in [1.82, 2.24) is 19.2 Å². The maximum atomic E-state index is 14.2. The van der Waals surface area contributed by atoms with Crippen molar-refractivity contribution in [3.63, 3.8) is 0 Å². The quantitative estimate of drug-likeness (QED) is 0.257. The fourth-order valence-electron chi connectivity index (χ4n) is 5.48. The molecular weight excluding hydrogens is 514 g/mol. The molecule has 3 aromatic carbocycles. The van der Waals surface area contributed by atoms with Gasteiger partial charge in [-0.3, -0.25) is 0 Å². The van der Waals surface area contributed by atoms with Crippen molar-refractivity contribution in [1.29, 1.82) is 0 Å². The Bertz CT molecular complexity index is 1720. The zero-order chi connectivity index (χ0) is 28.5. The van der Waals surface area contributed by atoms with Gasteiger partial charge < -0.3 is 19.5 Å². The number of fused-ring (bicyclic) bond motifs is 3. The summed E-state index contributed by atoms with van der Waals surface area (Å²) in [5, 5.41) is 8.06. The number of hydrogen-bond donors (Lipinski definition) is 1. The first-order valence-corrected chi connectivity index (χ1v) is 13.6. The van der Waals surface area contributed by atoms with Crippen LogP contribution in [0.3, 0.4) is 0 Å². The Hall–Kier alpha value is -5.11. The van der Waals surface area contributed by atoms with Gasteiger partial charge in [0.25, 0.3) is 0 Å². The number of nitrogens with one attached hydrogen (secondary N) is 1. The van der Waals surface area contributed by atoms with Crippen LogP contribution in [0.5, 0.6) is 0 Å². The number of carbonyl (C=O) groups excluding carboxylic acids is 2. The Morgan fingerprint density at radius 2 is 1.76 bits per heavy atom. The van der Waals surface area contributed by atoms with Crippen molar-refractivity contribution in [3.05, 3.63) is 131 Å². The molecule has 1 aliphatic rings. The summed E-state index contributed by atoms with van der Waals surface area (Å²) in [7, 11) is 1.34. The summed E-state index contributed by atoms with van der Waals surface area (Å²) in [5.41, 5.74) is 6.83. The Morgan fingerprint density at radius 1 is 0.976 bits per heavy atom. The Labute approximate surface area is 238 Å². The lowest BCUT2D eigenvalue weighted by atomic mass is 10.0. The highest BCUT2D eigenvalue weighted by molar-refractivity contribution is 5.94. The average molecular weight is 546 g/mol. The molecule has 206 valence electrons. The molecule has 8 nitrogen and oxygen atoms in total. The lowest BCUT2D eigenvalue weighted by molar-refractivity contribution is 0.0600. The molecule has 6 rings (SSSR count). The van der Waals surface area contributed by atoms with Crippen molar-refractivity contribution in [2.75, 3.05) is 12.4 Å². The van der Waals surface area contributed by atoms with Crippen LogP contribution in [-0.2, 0) is 17.7 Å². The minimum atomic E-state index is -0.461. The van der Waals surface area contributed by atoms with E-state index in [-0.39, 0.29) is 12.1 Å². The van der Waals surface area contributed by atoms with E-state index in [4.69, 9.17) is 9.84 Å². The van der Waals surface area contributed by atoms with Crippen molar-refractivity contribution in [2.45, 2.75) is 32.9 Å². The third-order valence-corrected chi connectivity index (χ3v) is 7.49. The molecule has 1 atom stereocenters. The van der Waals surface area contributed by atoms with Crippen LogP contribution in [0.1, 0.15) is 51.4 Å². The van der Waals surface area contributed by atoms with Crippen LogP contribution in [0.4, 0.5) is 10.5 Å². The van der Waals surface area contributed by atoms with Crippen molar-refractivity contribution in [2.24, 2.45) is 0 Å². The molecule has 0 saturated heterocycles. The molecule has 5 aromatic rings. The molecule has 1 unspecified atom stereocenters. The molecule has 0 radical (unpaired) electrons. The summed E-state index contributed by atoms with van der Waals surface area (Å²) in [5.74, 6) is 0.463. The number of methoxy groups -OCH3 is 1. The Kier molecular flexibility index (Phi) is 6.89. The maximum Gasteiger partial charge on any atom is 0.337 e. The highest BCUT2D eigenvalue weighted by Crippen LogP contribution is 2.39. The summed E-state index contributed by atoms with van der Waals surface area (Å²) >= 11 is 0. The number of aromatic nitrogens is 3. The molecule has 0 aliphatic carbocycles.